The predicted octanol–water partition coefficient (Wildman–Crippen LogP) is 13.7. The van der Waals surface area contributed by atoms with Gasteiger partial charge in [0.2, 0.25) is 0 Å². The Kier molecular flexibility index (Phi) is 9.38. The largest absolute Gasteiger partial charge is 0.311 e. The summed E-state index contributed by atoms with van der Waals surface area (Å²) in [7, 11) is -3.56. The van der Waals surface area contributed by atoms with Gasteiger partial charge in [0, 0.05) is 28.4 Å². The highest BCUT2D eigenvalue weighted by Gasteiger charge is 2.36. The molecule has 0 aliphatic carbocycles. The van der Waals surface area contributed by atoms with Crippen molar-refractivity contribution in [2.75, 3.05) is 9.80 Å². The molecule has 0 radical (unpaired) electrons. The molecule has 0 fully saturated rings. The van der Waals surface area contributed by atoms with Crippen molar-refractivity contribution >= 4 is 76.6 Å². The molecular formula is C54H52N2Si2. The molecule has 8 aromatic rings. The van der Waals surface area contributed by atoms with Gasteiger partial charge in [0.15, 0.2) is 0 Å². The highest BCUT2D eigenvalue weighted by atomic mass is 28.3. The van der Waals surface area contributed by atoms with Crippen molar-refractivity contribution in [2.45, 2.75) is 53.5 Å². The van der Waals surface area contributed by atoms with Gasteiger partial charge in [-0.2, -0.15) is 0 Å². The second kappa shape index (κ2) is 14.5. The molecule has 0 saturated carbocycles. The molecule has 0 saturated heterocycles. The number of para-hydroxylation sites is 2. The zero-order chi connectivity index (χ0) is 40.3. The molecule has 0 bridgehead atoms. The fourth-order valence-corrected chi connectivity index (χ4v) is 13.7. The summed E-state index contributed by atoms with van der Waals surface area (Å²) in [5, 5.41) is 7.22. The third kappa shape index (κ3) is 6.51. The molecule has 0 N–H and O–H groups in total. The standard InChI is InChI=1S/C54H52N2Si2/c1-37-34-38(2)54(39(3)35-37)56(42-18-13-10-14-19-42)45-28-31-48-50-33-32-47(49-20-15-21-51(53(49)50)58(7,8)52(48)36-45)40-22-24-43(25-23-40)55(41-16-11-9-12-17-41)44-26-29-46(30-27-44)57(4,5)6/h9-36H,1-8H3. The summed E-state index contributed by atoms with van der Waals surface area (Å²) in [6.45, 7) is 19.0. The van der Waals surface area contributed by atoms with Crippen LogP contribution in [0.1, 0.15) is 16.7 Å². The minimum atomic E-state index is -2.15. The minimum absolute atomic E-state index is 1.15. The maximum atomic E-state index is 2.54. The summed E-state index contributed by atoms with van der Waals surface area (Å²) in [6, 6.07) is 63.7. The topological polar surface area (TPSA) is 6.48 Å². The molecule has 0 atom stereocenters. The fourth-order valence-electron chi connectivity index (χ4n) is 9.41. The van der Waals surface area contributed by atoms with Gasteiger partial charge in [0.1, 0.15) is 8.07 Å². The Balaban J connectivity index is 1.13. The van der Waals surface area contributed by atoms with Gasteiger partial charge < -0.3 is 9.80 Å². The molecule has 286 valence electrons. The van der Waals surface area contributed by atoms with Crippen molar-refractivity contribution in [2.24, 2.45) is 0 Å². The van der Waals surface area contributed by atoms with Crippen molar-refractivity contribution in [1.82, 2.24) is 0 Å². The lowest BCUT2D eigenvalue weighted by molar-refractivity contribution is 1.20. The Labute approximate surface area is 347 Å². The zero-order valence-corrected chi connectivity index (χ0v) is 37.1. The van der Waals surface area contributed by atoms with E-state index in [1.165, 1.54) is 88.0 Å². The van der Waals surface area contributed by atoms with Gasteiger partial charge in [-0.05, 0) is 136 Å². The van der Waals surface area contributed by atoms with E-state index in [9.17, 15) is 0 Å². The number of anilines is 6. The van der Waals surface area contributed by atoms with Gasteiger partial charge in [-0.3, -0.25) is 0 Å². The van der Waals surface area contributed by atoms with Crippen molar-refractivity contribution in [3.05, 3.63) is 187 Å². The van der Waals surface area contributed by atoms with E-state index in [-0.39, 0.29) is 0 Å². The molecule has 4 heteroatoms. The maximum absolute atomic E-state index is 2.54. The monoisotopic (exact) mass is 784 g/mol. The van der Waals surface area contributed by atoms with Crippen LogP contribution in [-0.2, 0) is 0 Å². The Morgan fingerprint density at radius 1 is 0.431 bits per heavy atom. The van der Waals surface area contributed by atoms with Crippen LogP contribution in [0, 0.1) is 20.8 Å². The van der Waals surface area contributed by atoms with Crippen LogP contribution in [-0.4, -0.2) is 16.1 Å². The van der Waals surface area contributed by atoms with E-state index >= 15 is 0 Å². The second-order valence-corrected chi connectivity index (χ2v) is 27.1. The van der Waals surface area contributed by atoms with Crippen molar-refractivity contribution < 1.29 is 0 Å². The lowest BCUT2D eigenvalue weighted by Crippen LogP contribution is -2.56. The van der Waals surface area contributed by atoms with Gasteiger partial charge in [0.05, 0.1) is 13.8 Å². The average molecular weight is 785 g/mol. The van der Waals surface area contributed by atoms with Crippen LogP contribution >= 0.6 is 0 Å². The number of nitrogens with zero attached hydrogens (tertiary/aromatic N) is 2. The first-order valence-corrected chi connectivity index (χ1v) is 27.1. The van der Waals surface area contributed by atoms with Crippen LogP contribution in [0.3, 0.4) is 0 Å². The molecule has 8 aromatic carbocycles. The van der Waals surface area contributed by atoms with Crippen LogP contribution in [0.25, 0.3) is 33.0 Å². The number of hydrogen-bond acceptors (Lipinski definition) is 2. The minimum Gasteiger partial charge on any atom is -0.311 e. The summed E-state index contributed by atoms with van der Waals surface area (Å²) < 4.78 is 0. The molecule has 0 amide bonds. The van der Waals surface area contributed by atoms with Gasteiger partial charge in [-0.15, -0.1) is 0 Å². The van der Waals surface area contributed by atoms with Gasteiger partial charge in [-0.25, -0.2) is 0 Å². The summed E-state index contributed by atoms with van der Waals surface area (Å²) in [5.74, 6) is 0. The first kappa shape index (κ1) is 37.6. The Hall–Kier alpha value is -5.95. The molecule has 0 aromatic heterocycles. The normalized spacial score (nSPS) is 13.0. The van der Waals surface area contributed by atoms with E-state index in [4.69, 9.17) is 0 Å². The first-order chi connectivity index (χ1) is 27.9. The summed E-state index contributed by atoms with van der Waals surface area (Å²) in [4.78, 5) is 4.84. The number of fused-ring (bicyclic) bond motifs is 2. The lowest BCUT2D eigenvalue weighted by Gasteiger charge is -2.36. The second-order valence-electron chi connectivity index (χ2n) is 17.7. The van der Waals surface area contributed by atoms with Crippen LogP contribution in [0.5, 0.6) is 0 Å². The maximum Gasteiger partial charge on any atom is 0.113 e. The average Bonchev–Trinajstić information content (AvgIpc) is 3.22. The Bertz CT molecular complexity index is 2780. The summed E-state index contributed by atoms with van der Waals surface area (Å²) in [5.41, 5.74) is 16.2. The quantitative estimate of drug-likeness (QED) is 0.142. The van der Waals surface area contributed by atoms with Gasteiger partial charge in [0.25, 0.3) is 0 Å². The molecule has 2 nitrogen and oxygen atoms in total. The zero-order valence-electron chi connectivity index (χ0n) is 35.1. The smallest absolute Gasteiger partial charge is 0.113 e. The molecule has 58 heavy (non-hydrogen) atoms. The first-order valence-electron chi connectivity index (χ1n) is 20.6. The molecule has 0 spiro atoms. The molecule has 0 unspecified atom stereocenters. The van der Waals surface area contributed by atoms with Crippen molar-refractivity contribution in [1.29, 1.82) is 0 Å². The number of aryl methyl sites for hydroxylation is 3. The van der Waals surface area contributed by atoms with Crippen molar-refractivity contribution in [3.8, 4) is 22.3 Å². The number of benzene rings is 8. The van der Waals surface area contributed by atoms with E-state index in [1.807, 2.05) is 0 Å². The van der Waals surface area contributed by atoms with Crippen LogP contribution in [0.2, 0.25) is 32.7 Å². The van der Waals surface area contributed by atoms with Gasteiger partial charge in [-0.1, -0.05) is 153 Å². The molecule has 1 aliphatic rings. The Morgan fingerprint density at radius 3 is 1.55 bits per heavy atom. The number of rotatable bonds is 8. The van der Waals surface area contributed by atoms with E-state index in [0.29, 0.717) is 0 Å². The van der Waals surface area contributed by atoms with Gasteiger partial charge >= 0.3 is 0 Å². The molecular weight excluding hydrogens is 733 g/mol. The third-order valence-corrected chi connectivity index (χ3v) is 17.8. The van der Waals surface area contributed by atoms with E-state index < -0.39 is 16.1 Å². The molecule has 1 aliphatic heterocycles. The highest BCUT2D eigenvalue weighted by Crippen LogP contribution is 2.43. The van der Waals surface area contributed by atoms with E-state index in [1.54, 1.807) is 0 Å². The fraction of sp³-hybridized carbons (Fsp3) is 0.148. The van der Waals surface area contributed by atoms with Crippen LogP contribution in [0.15, 0.2) is 170 Å². The third-order valence-electron chi connectivity index (χ3n) is 12.3. The van der Waals surface area contributed by atoms with E-state index in [0.717, 1.165) is 11.4 Å². The molecule has 9 rings (SSSR count). The van der Waals surface area contributed by atoms with E-state index in [2.05, 4.69) is 233 Å². The number of hydrogen-bond donors (Lipinski definition) is 0. The summed E-state index contributed by atoms with van der Waals surface area (Å²) in [6.07, 6.45) is 0. The van der Waals surface area contributed by atoms with Crippen molar-refractivity contribution in [3.63, 3.8) is 0 Å². The summed E-state index contributed by atoms with van der Waals surface area (Å²) >= 11 is 0. The van der Waals surface area contributed by atoms with Crippen LogP contribution in [0.4, 0.5) is 34.1 Å². The SMILES string of the molecule is Cc1cc(C)c(N(c2ccccc2)c2ccc3c(c2)[Si](C)(C)c2cccc4c(-c5ccc(N(c6ccccc6)c6ccc([Si](C)(C)C)cc6)cc5)ccc-3c24)c(C)c1. The lowest BCUT2D eigenvalue weighted by atomic mass is 9.91. The predicted molar refractivity (Wildman–Crippen MR) is 258 cm³/mol. The molecule has 1 heterocycles. The Morgan fingerprint density at radius 2 is 0.948 bits per heavy atom. The highest BCUT2D eigenvalue weighted by molar-refractivity contribution is 7.03. The van der Waals surface area contributed by atoms with Crippen LogP contribution < -0.4 is 25.4 Å².